The molecule has 1 aromatic rings. The van der Waals surface area contributed by atoms with Crippen LogP contribution in [0.3, 0.4) is 0 Å². The second-order valence-electron chi connectivity index (χ2n) is 4.69. The summed E-state index contributed by atoms with van der Waals surface area (Å²) in [5.41, 5.74) is 1.74. The predicted octanol–water partition coefficient (Wildman–Crippen LogP) is 2.05. The van der Waals surface area contributed by atoms with E-state index in [1.807, 2.05) is 34.6 Å². The van der Waals surface area contributed by atoms with E-state index < -0.39 is 12.0 Å². The molecule has 0 fully saturated rings. The highest BCUT2D eigenvalue weighted by molar-refractivity contribution is 5.73. The Morgan fingerprint density at radius 3 is 2.29 bits per heavy atom. The second kappa shape index (κ2) is 5.31. The number of nitrogens with one attached hydrogen (secondary N) is 1. The first kappa shape index (κ1) is 13.7. The smallest absolute Gasteiger partial charge is 0.320 e. The van der Waals surface area contributed by atoms with E-state index >= 15 is 0 Å². The SMILES string of the molecule is Cc1noc(C)c1C(C)NC(C(=O)O)C(C)C. The highest BCUT2D eigenvalue weighted by Gasteiger charge is 2.26. The summed E-state index contributed by atoms with van der Waals surface area (Å²) < 4.78 is 5.08. The van der Waals surface area contributed by atoms with Gasteiger partial charge in [0.1, 0.15) is 11.8 Å². The minimum atomic E-state index is -0.835. The van der Waals surface area contributed by atoms with Crippen LogP contribution in [-0.4, -0.2) is 22.3 Å². The summed E-state index contributed by atoms with van der Waals surface area (Å²) in [5.74, 6) is -0.0792. The van der Waals surface area contributed by atoms with Crippen LogP contribution in [0, 0.1) is 19.8 Å². The van der Waals surface area contributed by atoms with Crippen LogP contribution in [0.25, 0.3) is 0 Å². The summed E-state index contributed by atoms with van der Waals surface area (Å²) in [4.78, 5) is 11.1. The van der Waals surface area contributed by atoms with Crippen LogP contribution in [0.5, 0.6) is 0 Å². The monoisotopic (exact) mass is 240 g/mol. The molecule has 0 aliphatic heterocycles. The molecular weight excluding hydrogens is 220 g/mol. The van der Waals surface area contributed by atoms with E-state index in [9.17, 15) is 4.79 Å². The van der Waals surface area contributed by atoms with Gasteiger partial charge in [0.2, 0.25) is 0 Å². The first-order valence-corrected chi connectivity index (χ1v) is 5.76. The average molecular weight is 240 g/mol. The molecule has 96 valence electrons. The minimum Gasteiger partial charge on any atom is -0.480 e. The van der Waals surface area contributed by atoms with Crippen molar-refractivity contribution in [2.75, 3.05) is 0 Å². The Morgan fingerprint density at radius 1 is 1.35 bits per heavy atom. The van der Waals surface area contributed by atoms with Gasteiger partial charge < -0.3 is 9.63 Å². The summed E-state index contributed by atoms with van der Waals surface area (Å²) in [5, 5.41) is 16.1. The Kier molecular flexibility index (Phi) is 4.28. The van der Waals surface area contributed by atoms with Crippen LogP contribution in [0.2, 0.25) is 0 Å². The molecule has 0 aliphatic carbocycles. The molecule has 17 heavy (non-hydrogen) atoms. The molecule has 2 atom stereocenters. The summed E-state index contributed by atoms with van der Waals surface area (Å²) in [7, 11) is 0. The van der Waals surface area contributed by atoms with E-state index in [1.165, 1.54) is 0 Å². The van der Waals surface area contributed by atoms with Gasteiger partial charge in [0, 0.05) is 11.6 Å². The van der Waals surface area contributed by atoms with E-state index in [1.54, 1.807) is 0 Å². The lowest BCUT2D eigenvalue weighted by molar-refractivity contribution is -0.140. The number of rotatable bonds is 5. The Morgan fingerprint density at radius 2 is 1.94 bits per heavy atom. The lowest BCUT2D eigenvalue weighted by Crippen LogP contribution is -2.42. The van der Waals surface area contributed by atoms with Crippen LogP contribution in [0.1, 0.15) is 43.8 Å². The molecule has 0 saturated carbocycles. The van der Waals surface area contributed by atoms with Crippen molar-refractivity contribution in [3.8, 4) is 0 Å². The maximum atomic E-state index is 11.1. The fourth-order valence-corrected chi connectivity index (χ4v) is 2.01. The lowest BCUT2D eigenvalue weighted by atomic mass is 10.0. The largest absolute Gasteiger partial charge is 0.480 e. The molecule has 1 heterocycles. The second-order valence-corrected chi connectivity index (χ2v) is 4.69. The van der Waals surface area contributed by atoms with Gasteiger partial charge in [-0.2, -0.15) is 0 Å². The lowest BCUT2D eigenvalue weighted by Gasteiger charge is -2.22. The Labute approximate surface area is 101 Å². The molecule has 0 radical (unpaired) electrons. The molecule has 5 nitrogen and oxygen atoms in total. The number of aryl methyl sites for hydroxylation is 2. The molecule has 0 aromatic carbocycles. The Bertz CT molecular complexity index is 379. The quantitative estimate of drug-likeness (QED) is 0.823. The summed E-state index contributed by atoms with van der Waals surface area (Å²) in [6, 6.07) is -0.663. The van der Waals surface area contributed by atoms with Crippen molar-refractivity contribution in [3.05, 3.63) is 17.0 Å². The zero-order valence-electron chi connectivity index (χ0n) is 10.9. The molecular formula is C12H20N2O3. The van der Waals surface area contributed by atoms with Gasteiger partial charge in [-0.15, -0.1) is 0 Å². The van der Waals surface area contributed by atoms with Gasteiger partial charge in [-0.05, 0) is 26.7 Å². The van der Waals surface area contributed by atoms with E-state index in [4.69, 9.17) is 9.63 Å². The number of nitrogens with zero attached hydrogens (tertiary/aromatic N) is 1. The maximum absolute atomic E-state index is 11.1. The molecule has 1 aromatic heterocycles. The van der Waals surface area contributed by atoms with Gasteiger partial charge in [-0.25, -0.2) is 0 Å². The summed E-state index contributed by atoms with van der Waals surface area (Å²) in [6.07, 6.45) is 0. The van der Waals surface area contributed by atoms with E-state index in [0.717, 1.165) is 17.0 Å². The number of aliphatic carboxylic acids is 1. The minimum absolute atomic E-state index is 0.0235. The number of carboxylic acid groups (broad SMARTS) is 1. The molecule has 0 aliphatic rings. The van der Waals surface area contributed by atoms with E-state index in [-0.39, 0.29) is 12.0 Å². The van der Waals surface area contributed by atoms with Crippen molar-refractivity contribution in [1.29, 1.82) is 0 Å². The van der Waals surface area contributed by atoms with Gasteiger partial charge in [0.15, 0.2) is 0 Å². The number of carboxylic acids is 1. The predicted molar refractivity (Wildman–Crippen MR) is 63.8 cm³/mol. The normalized spacial score (nSPS) is 14.9. The standard InChI is InChI=1S/C12H20N2O3/c1-6(2)11(12(15)16)13-7(3)10-8(4)14-17-9(10)5/h6-7,11,13H,1-5H3,(H,15,16). The molecule has 1 rings (SSSR count). The zero-order valence-corrected chi connectivity index (χ0v) is 10.9. The number of aromatic nitrogens is 1. The van der Waals surface area contributed by atoms with Crippen LogP contribution in [-0.2, 0) is 4.79 Å². The Hall–Kier alpha value is -1.36. The molecule has 0 amide bonds. The van der Waals surface area contributed by atoms with Crippen LogP contribution in [0.15, 0.2) is 4.52 Å². The molecule has 0 saturated heterocycles. The van der Waals surface area contributed by atoms with Gasteiger partial charge in [0.25, 0.3) is 0 Å². The van der Waals surface area contributed by atoms with Crippen LogP contribution < -0.4 is 5.32 Å². The topological polar surface area (TPSA) is 75.4 Å². The molecule has 0 spiro atoms. The number of hydrogen-bond donors (Lipinski definition) is 2. The van der Waals surface area contributed by atoms with Crippen LogP contribution in [0.4, 0.5) is 0 Å². The maximum Gasteiger partial charge on any atom is 0.320 e. The van der Waals surface area contributed by atoms with Crippen molar-refractivity contribution >= 4 is 5.97 Å². The number of carbonyl (C=O) groups is 1. The Balaban J connectivity index is 2.84. The summed E-state index contributed by atoms with van der Waals surface area (Å²) >= 11 is 0. The highest BCUT2D eigenvalue weighted by Crippen LogP contribution is 2.22. The van der Waals surface area contributed by atoms with E-state index in [0.29, 0.717) is 0 Å². The first-order valence-electron chi connectivity index (χ1n) is 5.76. The summed E-state index contributed by atoms with van der Waals surface area (Å²) in [6.45, 7) is 9.37. The van der Waals surface area contributed by atoms with Crippen molar-refractivity contribution in [3.63, 3.8) is 0 Å². The van der Waals surface area contributed by atoms with Gasteiger partial charge >= 0.3 is 5.97 Å². The molecule has 0 bridgehead atoms. The van der Waals surface area contributed by atoms with Crippen molar-refractivity contribution < 1.29 is 14.4 Å². The molecule has 5 heteroatoms. The third-order valence-corrected chi connectivity index (χ3v) is 2.88. The first-order chi connectivity index (χ1) is 7.84. The number of hydrogen-bond acceptors (Lipinski definition) is 4. The van der Waals surface area contributed by atoms with Crippen LogP contribution >= 0.6 is 0 Å². The van der Waals surface area contributed by atoms with E-state index in [2.05, 4.69) is 10.5 Å². The zero-order chi connectivity index (χ0) is 13.2. The van der Waals surface area contributed by atoms with Gasteiger partial charge in [-0.3, -0.25) is 10.1 Å². The van der Waals surface area contributed by atoms with Crippen molar-refractivity contribution in [1.82, 2.24) is 10.5 Å². The highest BCUT2D eigenvalue weighted by atomic mass is 16.5. The third-order valence-electron chi connectivity index (χ3n) is 2.88. The fourth-order valence-electron chi connectivity index (χ4n) is 2.01. The van der Waals surface area contributed by atoms with Crippen molar-refractivity contribution in [2.45, 2.75) is 46.7 Å². The average Bonchev–Trinajstić information content (AvgIpc) is 2.53. The molecule has 2 N–H and O–H groups in total. The molecule has 2 unspecified atom stereocenters. The van der Waals surface area contributed by atoms with Gasteiger partial charge in [-0.1, -0.05) is 19.0 Å². The van der Waals surface area contributed by atoms with Gasteiger partial charge in [0.05, 0.1) is 5.69 Å². The fraction of sp³-hybridized carbons (Fsp3) is 0.667. The van der Waals surface area contributed by atoms with Crippen molar-refractivity contribution in [2.24, 2.45) is 5.92 Å². The third kappa shape index (κ3) is 3.06.